The zero-order valence-corrected chi connectivity index (χ0v) is 15.5. The molecule has 0 amide bonds. The van der Waals surface area contributed by atoms with Crippen LogP contribution in [0.5, 0.6) is 0 Å². The second kappa shape index (κ2) is 7.64. The number of halogens is 2. The van der Waals surface area contributed by atoms with Gasteiger partial charge in [-0.3, -0.25) is 10.5 Å². The fourth-order valence-electron chi connectivity index (χ4n) is 2.53. The van der Waals surface area contributed by atoms with Crippen molar-refractivity contribution in [3.05, 3.63) is 71.4 Å². The summed E-state index contributed by atoms with van der Waals surface area (Å²) >= 11 is 5.94. The van der Waals surface area contributed by atoms with E-state index in [0.717, 1.165) is 11.3 Å². The van der Waals surface area contributed by atoms with Crippen molar-refractivity contribution < 1.29 is 26.3 Å². The zero-order chi connectivity index (χ0) is 16.4. The van der Waals surface area contributed by atoms with Gasteiger partial charge in [-0.2, -0.15) is 0 Å². The average Bonchev–Trinajstić information content (AvgIpc) is 2.84. The van der Waals surface area contributed by atoms with Crippen molar-refractivity contribution in [2.24, 2.45) is 7.05 Å². The zero-order valence-electron chi connectivity index (χ0n) is 13.1. The largest absolute Gasteiger partial charge is 1.00 e. The fourth-order valence-corrected chi connectivity index (χ4v) is 2.72. The molecule has 6 heteroatoms. The molecular weight excluding hydrogens is 390 g/mol. The highest BCUT2D eigenvalue weighted by Crippen LogP contribution is 2.19. The lowest BCUT2D eigenvalue weighted by atomic mass is 10.1. The minimum Gasteiger partial charge on any atom is -1.00 e. The number of carbonyl (C=O) groups excluding carboxylic acids is 1. The van der Waals surface area contributed by atoms with E-state index in [0.29, 0.717) is 16.5 Å². The number of imidazole rings is 1. The van der Waals surface area contributed by atoms with Gasteiger partial charge in [0.05, 0.1) is 7.05 Å². The second-order valence-corrected chi connectivity index (χ2v) is 5.80. The van der Waals surface area contributed by atoms with Crippen LogP contribution in [0.1, 0.15) is 10.4 Å². The summed E-state index contributed by atoms with van der Waals surface area (Å²) in [7, 11) is 1.89. The van der Waals surface area contributed by atoms with Gasteiger partial charge >= 0.3 is 5.95 Å². The maximum Gasteiger partial charge on any atom is 0.355 e. The van der Waals surface area contributed by atoms with Crippen LogP contribution in [0.15, 0.2) is 60.8 Å². The molecule has 0 saturated carbocycles. The van der Waals surface area contributed by atoms with Gasteiger partial charge in [-0.05, 0) is 12.1 Å². The Labute approximate surface area is 156 Å². The predicted molar refractivity (Wildman–Crippen MR) is 91.2 cm³/mol. The molecule has 1 heterocycles. The summed E-state index contributed by atoms with van der Waals surface area (Å²) in [6.45, 7) is 0.173. The van der Waals surface area contributed by atoms with E-state index in [4.69, 9.17) is 17.3 Å². The fraction of sp³-hybridized carbons (Fsp3) is 0.111. The van der Waals surface area contributed by atoms with Gasteiger partial charge in [-0.15, -0.1) is 0 Å². The van der Waals surface area contributed by atoms with E-state index in [1.807, 2.05) is 48.1 Å². The molecule has 4 nitrogen and oxygen atoms in total. The molecule has 0 aliphatic heterocycles. The number of carbonyl (C=O) groups is 1. The molecule has 1 aromatic heterocycles. The van der Waals surface area contributed by atoms with Crippen molar-refractivity contribution >= 4 is 23.3 Å². The Morgan fingerprint density at radius 3 is 2.54 bits per heavy atom. The summed E-state index contributed by atoms with van der Waals surface area (Å²) in [5.41, 5.74) is 8.73. The third kappa shape index (κ3) is 3.68. The lowest BCUT2D eigenvalue weighted by Crippen LogP contribution is -3.00. The molecule has 0 saturated heterocycles. The molecule has 3 rings (SSSR count). The molecule has 2 N–H and O–H groups in total. The van der Waals surface area contributed by atoms with Gasteiger partial charge < -0.3 is 17.0 Å². The molecule has 24 heavy (non-hydrogen) atoms. The van der Waals surface area contributed by atoms with Gasteiger partial charge in [0.25, 0.3) is 0 Å². The third-order valence-corrected chi connectivity index (χ3v) is 4.04. The van der Waals surface area contributed by atoms with E-state index in [2.05, 4.69) is 0 Å². The maximum absolute atomic E-state index is 12.4. The van der Waals surface area contributed by atoms with Gasteiger partial charge in [0.15, 0.2) is 5.78 Å². The first-order chi connectivity index (χ1) is 11.1. The quantitative estimate of drug-likeness (QED) is 0.494. The Hall–Kier alpha value is -2.11. The van der Waals surface area contributed by atoms with Crippen LogP contribution in [-0.2, 0) is 13.6 Å². The van der Waals surface area contributed by atoms with Crippen LogP contribution >= 0.6 is 11.6 Å². The van der Waals surface area contributed by atoms with Crippen LogP contribution in [0.25, 0.3) is 11.3 Å². The van der Waals surface area contributed by atoms with Crippen molar-refractivity contribution in [1.29, 1.82) is 0 Å². The maximum atomic E-state index is 12.4. The van der Waals surface area contributed by atoms with E-state index >= 15 is 0 Å². The molecule has 0 bridgehead atoms. The van der Waals surface area contributed by atoms with Crippen molar-refractivity contribution in [2.45, 2.75) is 6.54 Å². The van der Waals surface area contributed by atoms with Crippen LogP contribution in [0, 0.1) is 0 Å². The molecule has 0 unspecified atom stereocenters. The van der Waals surface area contributed by atoms with Crippen molar-refractivity contribution in [3.8, 4) is 11.3 Å². The number of hydrogen-bond donors (Lipinski definition) is 1. The van der Waals surface area contributed by atoms with Gasteiger partial charge in [0.1, 0.15) is 18.4 Å². The minimum absolute atomic E-state index is 0. The first kappa shape index (κ1) is 18.2. The van der Waals surface area contributed by atoms with Gasteiger partial charge in [0, 0.05) is 16.1 Å². The molecule has 0 spiro atoms. The molecule has 2 aromatic carbocycles. The van der Waals surface area contributed by atoms with Crippen LogP contribution in [0.3, 0.4) is 0 Å². The summed E-state index contributed by atoms with van der Waals surface area (Å²) in [4.78, 5) is 12.4. The normalized spacial score (nSPS) is 10.2. The number of nitrogens with two attached hydrogens (primary N) is 1. The minimum atomic E-state index is -0.0330. The lowest BCUT2D eigenvalue weighted by Gasteiger charge is -2.01. The Morgan fingerprint density at radius 2 is 1.88 bits per heavy atom. The Morgan fingerprint density at radius 1 is 1.17 bits per heavy atom. The van der Waals surface area contributed by atoms with Crippen molar-refractivity contribution in [3.63, 3.8) is 0 Å². The predicted octanol–water partition coefficient (Wildman–Crippen LogP) is 0.102. The van der Waals surface area contributed by atoms with E-state index in [1.54, 1.807) is 28.8 Å². The Balaban J connectivity index is 0.00000208. The van der Waals surface area contributed by atoms with Gasteiger partial charge in [-0.1, -0.05) is 54.1 Å². The van der Waals surface area contributed by atoms with Crippen LogP contribution in [0.4, 0.5) is 5.95 Å². The number of nitrogens with zero attached hydrogens (tertiary/aromatic N) is 2. The molecule has 3 aromatic rings. The molecule has 124 valence electrons. The first-order valence-corrected chi connectivity index (χ1v) is 7.63. The molecule has 0 fully saturated rings. The topological polar surface area (TPSA) is 51.9 Å². The third-order valence-electron chi connectivity index (χ3n) is 3.81. The van der Waals surface area contributed by atoms with Crippen LogP contribution in [-0.4, -0.2) is 10.4 Å². The van der Waals surface area contributed by atoms with Crippen molar-refractivity contribution in [1.82, 2.24) is 4.57 Å². The highest BCUT2D eigenvalue weighted by molar-refractivity contribution is 6.30. The standard InChI is InChI=1S/C18H16ClN3O.BrH/c1-21-16(13-6-3-2-4-7-13)11-22(18(21)20)12-17(23)14-8-5-9-15(19)10-14;/h2-11,20H,12H2,1H3;1H. The number of ketones is 1. The summed E-state index contributed by atoms with van der Waals surface area (Å²) in [6.07, 6.45) is 1.90. The van der Waals surface area contributed by atoms with Crippen LogP contribution in [0.2, 0.25) is 5.02 Å². The van der Waals surface area contributed by atoms with Gasteiger partial charge in [0.2, 0.25) is 0 Å². The highest BCUT2D eigenvalue weighted by Gasteiger charge is 2.20. The number of rotatable bonds is 4. The molecule has 0 aliphatic rings. The summed E-state index contributed by atoms with van der Waals surface area (Å²) < 4.78 is 3.63. The van der Waals surface area contributed by atoms with Crippen LogP contribution < -0.4 is 27.3 Å². The Kier molecular flexibility index (Phi) is 5.80. The monoisotopic (exact) mass is 405 g/mol. The lowest BCUT2D eigenvalue weighted by molar-refractivity contribution is -0.667. The number of aromatic nitrogens is 2. The second-order valence-electron chi connectivity index (χ2n) is 5.36. The number of nitrogen functional groups attached to an aromatic ring is 1. The summed E-state index contributed by atoms with van der Waals surface area (Å²) in [6, 6.07) is 16.9. The first-order valence-electron chi connectivity index (χ1n) is 7.25. The SMILES string of the molecule is Cn1c(-c2ccccc2)c[n+](CC(=O)c2cccc(Cl)c2)c1N.[Br-]. The van der Waals surface area contributed by atoms with E-state index in [1.165, 1.54) is 0 Å². The average molecular weight is 407 g/mol. The van der Waals surface area contributed by atoms with E-state index in [9.17, 15) is 4.79 Å². The Bertz CT molecular complexity index is 862. The van der Waals surface area contributed by atoms with E-state index < -0.39 is 0 Å². The summed E-state index contributed by atoms with van der Waals surface area (Å²) in [5.74, 6) is 0.494. The van der Waals surface area contributed by atoms with Crippen molar-refractivity contribution in [2.75, 3.05) is 5.73 Å². The van der Waals surface area contributed by atoms with Gasteiger partial charge in [-0.25, -0.2) is 9.13 Å². The van der Waals surface area contributed by atoms with E-state index in [-0.39, 0.29) is 29.3 Å². The number of anilines is 1. The molecule has 0 atom stereocenters. The number of benzene rings is 2. The molecule has 0 radical (unpaired) electrons. The highest BCUT2D eigenvalue weighted by atomic mass is 79.9. The summed E-state index contributed by atoms with van der Waals surface area (Å²) in [5, 5.41) is 0.548. The molecular formula is C18H17BrClN3O. The number of hydrogen-bond acceptors (Lipinski definition) is 2. The number of Topliss-reactive ketones (excluding diaryl/α,β-unsaturated/α-hetero) is 1. The smallest absolute Gasteiger partial charge is 0.355 e. The molecule has 0 aliphatic carbocycles.